The summed E-state index contributed by atoms with van der Waals surface area (Å²) in [6.45, 7) is 1.28. The number of hydrogen-bond donors (Lipinski definition) is 0. The third kappa shape index (κ3) is 3.05. The monoisotopic (exact) mass is 387 g/mol. The largest absolute Gasteiger partial charge is 0.495 e. The molecular weight excluding hydrogens is 366 g/mol. The van der Waals surface area contributed by atoms with E-state index in [9.17, 15) is 8.42 Å². The molecule has 0 bridgehead atoms. The zero-order chi connectivity index (χ0) is 15.7. The molecule has 2 atom stereocenters. The summed E-state index contributed by atoms with van der Waals surface area (Å²) in [6.07, 6.45) is 5.94. The van der Waals surface area contributed by atoms with Gasteiger partial charge in [-0.1, -0.05) is 35.2 Å². The molecule has 1 aliphatic heterocycles. The molecule has 1 aliphatic carbocycles. The lowest BCUT2D eigenvalue weighted by Gasteiger charge is -2.40. The van der Waals surface area contributed by atoms with E-state index in [1.165, 1.54) is 26.4 Å². The lowest BCUT2D eigenvalue weighted by atomic mass is 9.76. The van der Waals surface area contributed by atoms with E-state index in [4.69, 9.17) is 4.74 Å². The van der Waals surface area contributed by atoms with Gasteiger partial charge in [-0.05, 0) is 42.9 Å². The standard InChI is InChI=1S/C16H22BrNO3S/c1-21-15-7-6-14(17)10-16(15)22(19,20)18-9-8-12-4-2-3-5-13(12)11-18/h6-7,10,12-13H,2-5,8-9,11H2,1H3/t12-,13-/m1/s1. The number of fused-ring (bicyclic) bond motifs is 1. The second-order valence-electron chi connectivity index (χ2n) is 6.25. The molecule has 0 unspecified atom stereocenters. The van der Waals surface area contributed by atoms with Crippen molar-refractivity contribution in [2.75, 3.05) is 20.2 Å². The Balaban J connectivity index is 1.88. The normalized spacial score (nSPS) is 26.5. The molecule has 6 heteroatoms. The molecule has 4 nitrogen and oxygen atoms in total. The third-order valence-electron chi connectivity index (χ3n) is 5.00. The minimum atomic E-state index is -3.50. The molecule has 122 valence electrons. The zero-order valence-electron chi connectivity index (χ0n) is 12.8. The van der Waals surface area contributed by atoms with E-state index < -0.39 is 10.0 Å². The molecule has 1 aromatic carbocycles. The lowest BCUT2D eigenvalue weighted by Crippen LogP contribution is -2.44. The summed E-state index contributed by atoms with van der Waals surface area (Å²) < 4.78 is 33.7. The number of piperidine rings is 1. The second-order valence-corrected chi connectivity index (χ2v) is 9.07. The highest BCUT2D eigenvalue weighted by Gasteiger charge is 2.37. The van der Waals surface area contributed by atoms with Crippen LogP contribution in [0.1, 0.15) is 32.1 Å². The van der Waals surface area contributed by atoms with Gasteiger partial charge in [0.15, 0.2) is 0 Å². The fraction of sp³-hybridized carbons (Fsp3) is 0.625. The van der Waals surface area contributed by atoms with Gasteiger partial charge in [-0.2, -0.15) is 4.31 Å². The van der Waals surface area contributed by atoms with Crippen molar-refractivity contribution in [3.05, 3.63) is 22.7 Å². The van der Waals surface area contributed by atoms with E-state index in [1.54, 1.807) is 22.5 Å². The molecule has 2 aliphatic rings. The van der Waals surface area contributed by atoms with Gasteiger partial charge in [0.25, 0.3) is 0 Å². The molecule has 0 N–H and O–H groups in total. The van der Waals surface area contributed by atoms with Gasteiger partial charge < -0.3 is 4.74 Å². The van der Waals surface area contributed by atoms with Crippen molar-refractivity contribution in [1.29, 1.82) is 0 Å². The summed E-state index contributed by atoms with van der Waals surface area (Å²) in [5.74, 6) is 1.65. The first-order valence-electron chi connectivity index (χ1n) is 7.86. The summed E-state index contributed by atoms with van der Waals surface area (Å²) in [6, 6.07) is 5.14. The van der Waals surface area contributed by atoms with E-state index in [-0.39, 0.29) is 4.90 Å². The Kier molecular flexibility index (Phi) is 4.80. The molecule has 1 saturated heterocycles. The molecule has 0 radical (unpaired) electrons. The van der Waals surface area contributed by atoms with Gasteiger partial charge in [-0.3, -0.25) is 0 Å². The maximum absolute atomic E-state index is 13.0. The van der Waals surface area contributed by atoms with Crippen LogP contribution in [0, 0.1) is 11.8 Å². The van der Waals surface area contributed by atoms with Crippen LogP contribution in [0.3, 0.4) is 0 Å². The molecule has 3 rings (SSSR count). The highest BCUT2D eigenvalue weighted by molar-refractivity contribution is 9.10. The highest BCUT2D eigenvalue weighted by atomic mass is 79.9. The number of ether oxygens (including phenoxy) is 1. The van der Waals surface area contributed by atoms with Crippen LogP contribution in [0.2, 0.25) is 0 Å². The van der Waals surface area contributed by atoms with E-state index in [2.05, 4.69) is 15.9 Å². The van der Waals surface area contributed by atoms with Crippen molar-refractivity contribution in [2.45, 2.75) is 37.0 Å². The number of sulfonamides is 1. The summed E-state index contributed by atoms with van der Waals surface area (Å²) in [4.78, 5) is 0.263. The Morgan fingerprint density at radius 3 is 2.64 bits per heavy atom. The minimum Gasteiger partial charge on any atom is -0.495 e. The second kappa shape index (κ2) is 6.49. The summed E-state index contributed by atoms with van der Waals surface area (Å²) in [5, 5.41) is 0. The Labute approximate surface area is 141 Å². The van der Waals surface area contributed by atoms with Crippen molar-refractivity contribution in [1.82, 2.24) is 4.31 Å². The molecular formula is C16H22BrNO3S. The predicted molar refractivity (Wildman–Crippen MR) is 89.5 cm³/mol. The average molecular weight is 388 g/mol. The van der Waals surface area contributed by atoms with Gasteiger partial charge in [-0.25, -0.2) is 8.42 Å². The van der Waals surface area contributed by atoms with E-state index >= 15 is 0 Å². The van der Waals surface area contributed by atoms with E-state index in [0.29, 0.717) is 30.7 Å². The summed E-state index contributed by atoms with van der Waals surface area (Å²) >= 11 is 3.36. The average Bonchev–Trinajstić information content (AvgIpc) is 2.54. The van der Waals surface area contributed by atoms with Gasteiger partial charge >= 0.3 is 0 Å². The van der Waals surface area contributed by atoms with Gasteiger partial charge in [0.1, 0.15) is 10.6 Å². The lowest BCUT2D eigenvalue weighted by molar-refractivity contribution is 0.136. The Bertz CT molecular complexity index is 647. The number of nitrogens with zero attached hydrogens (tertiary/aromatic N) is 1. The molecule has 1 heterocycles. The van der Waals surface area contributed by atoms with Crippen LogP contribution in [0.25, 0.3) is 0 Å². The third-order valence-corrected chi connectivity index (χ3v) is 7.38. The van der Waals surface area contributed by atoms with Crippen LogP contribution >= 0.6 is 15.9 Å². The number of rotatable bonds is 3. The first kappa shape index (κ1) is 16.3. The van der Waals surface area contributed by atoms with Crippen molar-refractivity contribution in [3.63, 3.8) is 0 Å². The molecule has 0 amide bonds. The van der Waals surface area contributed by atoms with E-state index in [1.807, 2.05) is 0 Å². The van der Waals surface area contributed by atoms with Crippen LogP contribution in [-0.4, -0.2) is 32.9 Å². The first-order valence-corrected chi connectivity index (χ1v) is 10.1. The van der Waals surface area contributed by atoms with Crippen molar-refractivity contribution >= 4 is 26.0 Å². The smallest absolute Gasteiger partial charge is 0.246 e. The highest BCUT2D eigenvalue weighted by Crippen LogP contribution is 2.39. The van der Waals surface area contributed by atoms with Gasteiger partial charge in [0.05, 0.1) is 7.11 Å². The van der Waals surface area contributed by atoms with E-state index in [0.717, 1.165) is 17.3 Å². The number of benzene rings is 1. The van der Waals surface area contributed by atoms with Crippen LogP contribution in [0.4, 0.5) is 0 Å². The first-order chi connectivity index (χ1) is 10.5. The van der Waals surface area contributed by atoms with Crippen molar-refractivity contribution < 1.29 is 13.2 Å². The minimum absolute atomic E-state index is 0.263. The van der Waals surface area contributed by atoms with Gasteiger partial charge in [-0.15, -0.1) is 0 Å². The molecule has 0 aromatic heterocycles. The van der Waals surface area contributed by atoms with Crippen LogP contribution < -0.4 is 4.74 Å². The Hall–Kier alpha value is -0.590. The zero-order valence-corrected chi connectivity index (χ0v) is 15.2. The Morgan fingerprint density at radius 2 is 1.91 bits per heavy atom. The summed E-state index contributed by atoms with van der Waals surface area (Å²) in [5.41, 5.74) is 0. The van der Waals surface area contributed by atoms with Crippen LogP contribution in [-0.2, 0) is 10.0 Å². The quantitative estimate of drug-likeness (QED) is 0.794. The molecule has 1 aromatic rings. The number of hydrogen-bond acceptors (Lipinski definition) is 3. The fourth-order valence-corrected chi connectivity index (χ4v) is 5.98. The molecule has 2 fully saturated rings. The van der Waals surface area contributed by atoms with Gasteiger partial charge in [0.2, 0.25) is 10.0 Å². The maximum atomic E-state index is 13.0. The molecule has 1 saturated carbocycles. The summed E-state index contributed by atoms with van der Waals surface area (Å²) in [7, 11) is -1.99. The SMILES string of the molecule is COc1ccc(Br)cc1S(=O)(=O)N1CC[C@H]2CCCC[C@@H]2C1. The van der Waals surface area contributed by atoms with Crippen molar-refractivity contribution in [3.8, 4) is 5.75 Å². The van der Waals surface area contributed by atoms with Crippen LogP contribution in [0.15, 0.2) is 27.6 Å². The molecule has 0 spiro atoms. The Morgan fingerprint density at radius 1 is 1.18 bits per heavy atom. The predicted octanol–water partition coefficient (Wildman–Crippen LogP) is 3.66. The molecule has 22 heavy (non-hydrogen) atoms. The van der Waals surface area contributed by atoms with Crippen molar-refractivity contribution in [2.24, 2.45) is 11.8 Å². The maximum Gasteiger partial charge on any atom is 0.246 e. The fourth-order valence-electron chi connectivity index (χ4n) is 3.78. The number of methoxy groups -OCH3 is 1. The number of halogens is 1. The topological polar surface area (TPSA) is 46.6 Å². The van der Waals surface area contributed by atoms with Gasteiger partial charge in [0, 0.05) is 17.6 Å². The van der Waals surface area contributed by atoms with Crippen LogP contribution in [0.5, 0.6) is 5.75 Å².